The van der Waals surface area contributed by atoms with E-state index in [1.54, 1.807) is 32.9 Å². The van der Waals surface area contributed by atoms with Crippen molar-refractivity contribution in [2.24, 2.45) is 11.8 Å². The third-order valence-electron chi connectivity index (χ3n) is 5.05. The maximum atomic E-state index is 12.9. The number of nitrogens with zero attached hydrogens (tertiary/aromatic N) is 2. The molecular weight excluding hydrogens is 368 g/mol. The summed E-state index contributed by atoms with van der Waals surface area (Å²) in [5.41, 5.74) is 0.846. The van der Waals surface area contributed by atoms with Crippen LogP contribution in [-0.2, 0) is 14.8 Å². The molecule has 1 amide bonds. The fourth-order valence-electron chi connectivity index (χ4n) is 3.59. The molecule has 1 N–H and O–H groups in total. The molecule has 1 aliphatic rings. The minimum absolute atomic E-state index is 0.0770. The maximum Gasteiger partial charge on any atom is 0.308 e. The highest BCUT2D eigenvalue weighted by Crippen LogP contribution is 2.26. The van der Waals surface area contributed by atoms with Crippen LogP contribution in [0.15, 0.2) is 23.1 Å². The molecule has 1 fully saturated rings. The minimum Gasteiger partial charge on any atom is -0.481 e. The first kappa shape index (κ1) is 21.4. The van der Waals surface area contributed by atoms with Crippen LogP contribution >= 0.6 is 0 Å². The van der Waals surface area contributed by atoms with Gasteiger partial charge in [-0.25, -0.2) is 8.42 Å². The number of amides is 1. The number of likely N-dealkylation sites (tertiary alicyclic amines) is 1. The molecule has 1 aliphatic heterocycles. The highest BCUT2D eigenvalue weighted by molar-refractivity contribution is 7.89. The first-order valence-electron chi connectivity index (χ1n) is 9.24. The van der Waals surface area contributed by atoms with Gasteiger partial charge in [0.15, 0.2) is 0 Å². The van der Waals surface area contributed by atoms with Crippen LogP contribution in [0.25, 0.3) is 0 Å². The summed E-state index contributed by atoms with van der Waals surface area (Å²) in [6, 6.07) is 4.65. The summed E-state index contributed by atoms with van der Waals surface area (Å²) < 4.78 is 27.1. The van der Waals surface area contributed by atoms with E-state index in [1.807, 2.05) is 6.92 Å². The SMILES string of the molecule is CCN(CC)S(=O)(=O)c1cc(C(=O)N2CC(C)CC(C(=O)O)C2)ccc1C. The lowest BCUT2D eigenvalue weighted by Crippen LogP contribution is -2.45. The van der Waals surface area contributed by atoms with Gasteiger partial charge in [0.25, 0.3) is 5.91 Å². The fraction of sp³-hybridized carbons (Fsp3) is 0.579. The summed E-state index contributed by atoms with van der Waals surface area (Å²) >= 11 is 0. The number of hydrogen-bond donors (Lipinski definition) is 1. The molecule has 8 heteroatoms. The Morgan fingerprint density at radius 3 is 2.41 bits per heavy atom. The Balaban J connectivity index is 2.37. The number of carbonyl (C=O) groups is 2. The van der Waals surface area contributed by atoms with Crippen molar-refractivity contribution in [1.82, 2.24) is 9.21 Å². The number of aryl methyl sites for hydroxylation is 1. The molecule has 0 bridgehead atoms. The first-order valence-corrected chi connectivity index (χ1v) is 10.7. The Labute approximate surface area is 161 Å². The second-order valence-corrected chi connectivity index (χ2v) is 9.06. The van der Waals surface area contributed by atoms with Gasteiger partial charge in [0.2, 0.25) is 10.0 Å². The number of aliphatic carboxylic acids is 1. The average molecular weight is 397 g/mol. The van der Waals surface area contributed by atoms with Crippen molar-refractivity contribution >= 4 is 21.9 Å². The molecule has 7 nitrogen and oxygen atoms in total. The molecule has 0 aliphatic carbocycles. The molecule has 27 heavy (non-hydrogen) atoms. The van der Waals surface area contributed by atoms with Crippen LogP contribution in [0, 0.1) is 18.8 Å². The summed E-state index contributed by atoms with van der Waals surface area (Å²) in [5, 5.41) is 9.31. The van der Waals surface area contributed by atoms with E-state index in [9.17, 15) is 23.1 Å². The van der Waals surface area contributed by atoms with E-state index in [0.29, 0.717) is 31.6 Å². The summed E-state index contributed by atoms with van der Waals surface area (Å²) in [5.74, 6) is -1.76. The van der Waals surface area contributed by atoms with E-state index < -0.39 is 21.9 Å². The number of benzene rings is 1. The Kier molecular flexibility index (Phi) is 6.64. The lowest BCUT2D eigenvalue weighted by Gasteiger charge is -2.34. The second kappa shape index (κ2) is 8.39. The Morgan fingerprint density at radius 1 is 1.22 bits per heavy atom. The number of carboxylic acids is 1. The minimum atomic E-state index is -3.69. The first-order chi connectivity index (χ1) is 12.6. The smallest absolute Gasteiger partial charge is 0.308 e. The normalized spacial score (nSPS) is 20.7. The topological polar surface area (TPSA) is 95.0 Å². The van der Waals surface area contributed by atoms with Gasteiger partial charge < -0.3 is 10.0 Å². The third-order valence-corrected chi connectivity index (χ3v) is 7.25. The third kappa shape index (κ3) is 4.50. The van der Waals surface area contributed by atoms with Gasteiger partial charge in [0.1, 0.15) is 0 Å². The van der Waals surface area contributed by atoms with Gasteiger partial charge in [-0.1, -0.05) is 26.8 Å². The van der Waals surface area contributed by atoms with Crippen LogP contribution in [0.3, 0.4) is 0 Å². The van der Waals surface area contributed by atoms with E-state index in [-0.39, 0.29) is 28.8 Å². The predicted octanol–water partition coefficient (Wildman–Crippen LogP) is 2.21. The molecule has 2 atom stereocenters. The van der Waals surface area contributed by atoms with E-state index in [1.165, 1.54) is 15.3 Å². The molecule has 2 unspecified atom stereocenters. The van der Waals surface area contributed by atoms with Crippen LogP contribution in [0.5, 0.6) is 0 Å². The lowest BCUT2D eigenvalue weighted by molar-refractivity contribution is -0.143. The van der Waals surface area contributed by atoms with E-state index >= 15 is 0 Å². The predicted molar refractivity (Wildman–Crippen MR) is 102 cm³/mol. The summed E-state index contributed by atoms with van der Waals surface area (Å²) in [4.78, 5) is 25.9. The number of carbonyl (C=O) groups excluding carboxylic acids is 1. The molecule has 1 aromatic carbocycles. The number of carboxylic acid groups (broad SMARTS) is 1. The van der Waals surface area contributed by atoms with Crippen molar-refractivity contribution in [2.45, 2.75) is 39.0 Å². The number of sulfonamides is 1. The van der Waals surface area contributed by atoms with Gasteiger partial charge in [-0.15, -0.1) is 0 Å². The molecule has 1 saturated heterocycles. The molecule has 0 saturated carbocycles. The Bertz CT molecular complexity index is 817. The lowest BCUT2D eigenvalue weighted by atomic mass is 9.90. The largest absolute Gasteiger partial charge is 0.481 e. The highest BCUT2D eigenvalue weighted by Gasteiger charge is 2.33. The zero-order chi connectivity index (χ0) is 20.4. The summed E-state index contributed by atoms with van der Waals surface area (Å²) in [7, 11) is -3.69. The van der Waals surface area contributed by atoms with E-state index in [4.69, 9.17) is 0 Å². The summed E-state index contributed by atoms with van der Waals surface area (Å²) in [6.07, 6.45) is 0.536. The van der Waals surface area contributed by atoms with Crippen molar-refractivity contribution in [1.29, 1.82) is 0 Å². The van der Waals surface area contributed by atoms with Gasteiger partial charge >= 0.3 is 5.97 Å². The number of rotatable bonds is 6. The van der Waals surface area contributed by atoms with Crippen molar-refractivity contribution in [3.8, 4) is 0 Å². The Morgan fingerprint density at radius 2 is 1.85 bits per heavy atom. The van der Waals surface area contributed by atoms with Gasteiger partial charge in [0.05, 0.1) is 10.8 Å². The van der Waals surface area contributed by atoms with Gasteiger partial charge in [-0.3, -0.25) is 9.59 Å². The zero-order valence-electron chi connectivity index (χ0n) is 16.3. The van der Waals surface area contributed by atoms with Gasteiger partial charge in [-0.2, -0.15) is 4.31 Å². The zero-order valence-corrected chi connectivity index (χ0v) is 17.1. The van der Waals surface area contributed by atoms with Crippen molar-refractivity contribution in [3.63, 3.8) is 0 Å². The number of hydrogen-bond acceptors (Lipinski definition) is 4. The standard InChI is InChI=1S/C19H28N2O5S/c1-5-21(6-2)27(25,26)17-10-15(8-7-14(17)4)18(22)20-11-13(3)9-16(12-20)19(23)24/h7-8,10,13,16H,5-6,9,11-12H2,1-4H3,(H,23,24). The van der Waals surface area contributed by atoms with Crippen LogP contribution in [-0.4, -0.2) is 60.8 Å². The molecule has 1 aromatic rings. The van der Waals surface area contributed by atoms with Gasteiger partial charge in [0, 0.05) is 31.7 Å². The highest BCUT2D eigenvalue weighted by atomic mass is 32.2. The molecule has 0 radical (unpaired) electrons. The molecule has 1 heterocycles. The maximum absolute atomic E-state index is 12.9. The molecule has 150 valence electrons. The molecule has 2 rings (SSSR count). The Hall–Kier alpha value is -1.93. The van der Waals surface area contributed by atoms with Gasteiger partial charge in [-0.05, 0) is 37.0 Å². The van der Waals surface area contributed by atoms with Crippen LogP contribution in [0.4, 0.5) is 0 Å². The van der Waals surface area contributed by atoms with E-state index in [2.05, 4.69) is 0 Å². The van der Waals surface area contributed by atoms with Crippen molar-refractivity contribution in [3.05, 3.63) is 29.3 Å². The van der Waals surface area contributed by atoms with Crippen LogP contribution in [0.1, 0.15) is 43.1 Å². The monoisotopic (exact) mass is 396 g/mol. The van der Waals surface area contributed by atoms with Crippen molar-refractivity contribution in [2.75, 3.05) is 26.2 Å². The van der Waals surface area contributed by atoms with Crippen LogP contribution in [0.2, 0.25) is 0 Å². The van der Waals surface area contributed by atoms with E-state index in [0.717, 1.165) is 0 Å². The van der Waals surface area contributed by atoms with Crippen LogP contribution < -0.4 is 0 Å². The second-order valence-electron chi connectivity index (χ2n) is 7.16. The average Bonchev–Trinajstić information content (AvgIpc) is 2.61. The fourth-order valence-corrected chi connectivity index (χ4v) is 5.30. The quantitative estimate of drug-likeness (QED) is 0.795. The van der Waals surface area contributed by atoms with Crippen molar-refractivity contribution < 1.29 is 23.1 Å². The molecule has 0 spiro atoms. The molecule has 0 aromatic heterocycles. The molecular formula is C19H28N2O5S. The summed E-state index contributed by atoms with van der Waals surface area (Å²) in [6.45, 7) is 8.47. The number of piperidine rings is 1.